The molecule has 3 rings (SSSR count). The lowest BCUT2D eigenvalue weighted by Crippen LogP contribution is -2.30. The number of ether oxygens (including phenoxy) is 1. The molecule has 1 aliphatic rings. The third-order valence-corrected chi connectivity index (χ3v) is 4.39. The summed E-state index contributed by atoms with van der Waals surface area (Å²) in [4.78, 5) is 18.9. The average Bonchev–Trinajstić information content (AvgIpc) is 2.68. The molecule has 0 amide bonds. The Hall–Kier alpha value is -2.63. The Morgan fingerprint density at radius 1 is 1.20 bits per heavy atom. The number of piperidine rings is 1. The van der Waals surface area contributed by atoms with Gasteiger partial charge in [0.25, 0.3) is 0 Å². The fourth-order valence-electron chi connectivity index (χ4n) is 3.01. The second kappa shape index (κ2) is 7.96. The first kappa shape index (κ1) is 17.2. The SMILES string of the molecule is COC(=O)C(Nc1ccccc1F)c1ccc(N2CCCCC2)nc1. The van der Waals surface area contributed by atoms with Crippen LogP contribution in [0.4, 0.5) is 15.9 Å². The number of nitrogens with zero attached hydrogens (tertiary/aromatic N) is 2. The number of benzene rings is 1. The Morgan fingerprint density at radius 3 is 2.60 bits per heavy atom. The van der Waals surface area contributed by atoms with E-state index >= 15 is 0 Å². The minimum absolute atomic E-state index is 0.248. The Balaban J connectivity index is 1.81. The number of nitrogens with one attached hydrogen (secondary N) is 1. The Bertz CT molecular complexity index is 715. The summed E-state index contributed by atoms with van der Waals surface area (Å²) >= 11 is 0. The third-order valence-electron chi connectivity index (χ3n) is 4.39. The average molecular weight is 343 g/mol. The molecule has 1 aromatic heterocycles. The first-order valence-corrected chi connectivity index (χ1v) is 8.49. The quantitative estimate of drug-likeness (QED) is 0.842. The van der Waals surface area contributed by atoms with Gasteiger partial charge < -0.3 is 15.0 Å². The highest BCUT2D eigenvalue weighted by molar-refractivity contribution is 5.81. The van der Waals surface area contributed by atoms with E-state index in [2.05, 4.69) is 15.2 Å². The molecule has 6 heteroatoms. The molecular weight excluding hydrogens is 321 g/mol. The highest BCUT2D eigenvalue weighted by Gasteiger charge is 2.23. The van der Waals surface area contributed by atoms with Gasteiger partial charge in [-0.3, -0.25) is 0 Å². The van der Waals surface area contributed by atoms with Crippen LogP contribution in [-0.2, 0) is 9.53 Å². The number of rotatable bonds is 5. The molecule has 1 aromatic carbocycles. The van der Waals surface area contributed by atoms with Crippen molar-refractivity contribution in [2.24, 2.45) is 0 Å². The number of hydrogen-bond donors (Lipinski definition) is 1. The van der Waals surface area contributed by atoms with Crippen LogP contribution >= 0.6 is 0 Å². The summed E-state index contributed by atoms with van der Waals surface area (Å²) in [5.74, 6) is -0.0111. The number of halogens is 1. The topological polar surface area (TPSA) is 54.5 Å². The van der Waals surface area contributed by atoms with Gasteiger partial charge in [0, 0.05) is 24.8 Å². The number of methoxy groups -OCH3 is 1. The normalized spacial score (nSPS) is 15.5. The van der Waals surface area contributed by atoms with E-state index in [1.165, 1.54) is 32.4 Å². The van der Waals surface area contributed by atoms with Crippen molar-refractivity contribution < 1.29 is 13.9 Å². The first-order valence-electron chi connectivity index (χ1n) is 8.49. The minimum atomic E-state index is -0.815. The van der Waals surface area contributed by atoms with Gasteiger partial charge in [-0.15, -0.1) is 0 Å². The van der Waals surface area contributed by atoms with Crippen LogP contribution in [0.5, 0.6) is 0 Å². The second-order valence-electron chi connectivity index (χ2n) is 6.08. The van der Waals surface area contributed by atoms with Crippen molar-refractivity contribution in [3.63, 3.8) is 0 Å². The molecule has 1 atom stereocenters. The van der Waals surface area contributed by atoms with Crippen LogP contribution in [0.1, 0.15) is 30.9 Å². The summed E-state index contributed by atoms with van der Waals surface area (Å²) in [5.41, 5.74) is 0.883. The molecule has 0 aliphatic carbocycles. The number of aromatic nitrogens is 1. The minimum Gasteiger partial charge on any atom is -0.467 e. The van der Waals surface area contributed by atoms with Gasteiger partial charge in [0.2, 0.25) is 0 Å². The monoisotopic (exact) mass is 343 g/mol. The molecule has 0 radical (unpaired) electrons. The maximum Gasteiger partial charge on any atom is 0.333 e. The fraction of sp³-hybridized carbons (Fsp3) is 0.368. The zero-order valence-corrected chi connectivity index (χ0v) is 14.2. The number of hydrogen-bond acceptors (Lipinski definition) is 5. The number of carbonyl (C=O) groups excluding carboxylic acids is 1. The summed E-state index contributed by atoms with van der Waals surface area (Å²) in [6.45, 7) is 2.00. The second-order valence-corrected chi connectivity index (χ2v) is 6.08. The van der Waals surface area contributed by atoms with E-state index in [1.807, 2.05) is 12.1 Å². The van der Waals surface area contributed by atoms with Crippen LogP contribution in [0, 0.1) is 5.82 Å². The molecule has 1 aliphatic heterocycles. The molecule has 2 heterocycles. The predicted octanol–water partition coefficient (Wildman–Crippen LogP) is 3.54. The summed E-state index contributed by atoms with van der Waals surface area (Å²) in [7, 11) is 1.31. The summed E-state index contributed by atoms with van der Waals surface area (Å²) in [6, 6.07) is 9.16. The van der Waals surface area contributed by atoms with Crippen molar-refractivity contribution in [2.75, 3.05) is 30.4 Å². The van der Waals surface area contributed by atoms with Crippen molar-refractivity contribution in [1.29, 1.82) is 0 Å². The van der Waals surface area contributed by atoms with E-state index in [9.17, 15) is 9.18 Å². The van der Waals surface area contributed by atoms with Crippen LogP contribution in [0.2, 0.25) is 0 Å². The lowest BCUT2D eigenvalue weighted by Gasteiger charge is -2.28. The molecule has 5 nitrogen and oxygen atoms in total. The third kappa shape index (κ3) is 4.07. The Morgan fingerprint density at radius 2 is 1.96 bits per heavy atom. The number of esters is 1. The number of pyridine rings is 1. The molecule has 2 aromatic rings. The molecular formula is C19H22FN3O2. The molecule has 1 N–H and O–H groups in total. The van der Waals surface area contributed by atoms with Crippen LogP contribution in [0.25, 0.3) is 0 Å². The lowest BCUT2D eigenvalue weighted by atomic mass is 10.1. The molecule has 0 spiro atoms. The molecule has 25 heavy (non-hydrogen) atoms. The standard InChI is InChI=1S/C19H22FN3O2/c1-25-19(24)18(22-16-8-4-3-7-15(16)20)14-9-10-17(21-13-14)23-11-5-2-6-12-23/h3-4,7-10,13,18,22H,2,5-6,11-12H2,1H3. The number of carbonyl (C=O) groups is 1. The molecule has 1 unspecified atom stereocenters. The summed E-state index contributed by atoms with van der Waals surface area (Å²) < 4.78 is 18.8. The van der Waals surface area contributed by atoms with Gasteiger partial charge in [0.05, 0.1) is 12.8 Å². The zero-order chi connectivity index (χ0) is 17.6. The van der Waals surface area contributed by atoms with Crippen molar-refractivity contribution in [1.82, 2.24) is 4.98 Å². The number of para-hydroxylation sites is 1. The molecule has 1 saturated heterocycles. The van der Waals surface area contributed by atoms with E-state index in [0.29, 0.717) is 5.56 Å². The van der Waals surface area contributed by atoms with E-state index in [0.717, 1.165) is 18.9 Å². The Labute approximate surface area is 146 Å². The van der Waals surface area contributed by atoms with Gasteiger partial charge in [-0.1, -0.05) is 18.2 Å². The molecule has 132 valence electrons. The van der Waals surface area contributed by atoms with Gasteiger partial charge in [-0.05, 0) is 37.5 Å². The van der Waals surface area contributed by atoms with Crippen molar-refractivity contribution in [2.45, 2.75) is 25.3 Å². The Kier molecular flexibility index (Phi) is 5.48. The van der Waals surface area contributed by atoms with E-state index in [-0.39, 0.29) is 5.69 Å². The van der Waals surface area contributed by atoms with Crippen molar-refractivity contribution in [3.8, 4) is 0 Å². The fourth-order valence-corrected chi connectivity index (χ4v) is 3.01. The molecule has 0 saturated carbocycles. The van der Waals surface area contributed by atoms with Gasteiger partial charge in [0.1, 0.15) is 11.6 Å². The van der Waals surface area contributed by atoms with Gasteiger partial charge in [-0.25, -0.2) is 14.2 Å². The van der Waals surface area contributed by atoms with E-state index < -0.39 is 17.8 Å². The summed E-state index contributed by atoms with van der Waals surface area (Å²) in [6.07, 6.45) is 5.25. The smallest absolute Gasteiger partial charge is 0.333 e. The van der Waals surface area contributed by atoms with Gasteiger partial charge >= 0.3 is 5.97 Å². The number of anilines is 2. The van der Waals surface area contributed by atoms with Crippen LogP contribution < -0.4 is 10.2 Å². The molecule has 1 fully saturated rings. The maximum absolute atomic E-state index is 13.9. The van der Waals surface area contributed by atoms with E-state index in [1.54, 1.807) is 24.4 Å². The lowest BCUT2D eigenvalue weighted by molar-refractivity contribution is -0.141. The highest BCUT2D eigenvalue weighted by Crippen LogP contribution is 2.25. The highest BCUT2D eigenvalue weighted by atomic mass is 19.1. The van der Waals surface area contributed by atoms with Crippen molar-refractivity contribution in [3.05, 3.63) is 54.0 Å². The first-order chi connectivity index (χ1) is 12.2. The van der Waals surface area contributed by atoms with Crippen LogP contribution in [-0.4, -0.2) is 31.2 Å². The van der Waals surface area contributed by atoms with Gasteiger partial charge in [0.15, 0.2) is 6.04 Å². The summed E-state index contributed by atoms with van der Waals surface area (Å²) in [5, 5.41) is 2.91. The predicted molar refractivity (Wildman–Crippen MR) is 95.1 cm³/mol. The van der Waals surface area contributed by atoms with Crippen LogP contribution in [0.3, 0.4) is 0 Å². The zero-order valence-electron chi connectivity index (χ0n) is 14.2. The largest absolute Gasteiger partial charge is 0.467 e. The van der Waals surface area contributed by atoms with Crippen LogP contribution in [0.15, 0.2) is 42.6 Å². The van der Waals surface area contributed by atoms with E-state index in [4.69, 9.17) is 4.74 Å². The van der Waals surface area contributed by atoms with Gasteiger partial charge in [-0.2, -0.15) is 0 Å². The van der Waals surface area contributed by atoms with Crippen molar-refractivity contribution >= 4 is 17.5 Å². The molecule has 0 bridgehead atoms. The maximum atomic E-state index is 13.9.